The predicted octanol–water partition coefficient (Wildman–Crippen LogP) is 2.35. The Kier molecular flexibility index (Phi) is 3.28. The third-order valence-electron chi connectivity index (χ3n) is 4.35. The van der Waals surface area contributed by atoms with E-state index in [9.17, 15) is 4.79 Å². The van der Waals surface area contributed by atoms with Gasteiger partial charge >= 0.3 is 0 Å². The van der Waals surface area contributed by atoms with Crippen molar-refractivity contribution >= 4 is 11.6 Å². The van der Waals surface area contributed by atoms with Crippen molar-refractivity contribution in [3.05, 3.63) is 42.0 Å². The molecule has 0 saturated heterocycles. The molecule has 2 N–H and O–H groups in total. The zero-order chi connectivity index (χ0) is 13.2. The lowest BCUT2D eigenvalue weighted by Crippen LogP contribution is -2.43. The lowest BCUT2D eigenvalue weighted by atomic mass is 9.71. The first kappa shape index (κ1) is 12.3. The number of nitrogens with one attached hydrogen (secondary N) is 2. The third-order valence-corrected chi connectivity index (χ3v) is 4.35. The van der Waals surface area contributed by atoms with Gasteiger partial charge in [0.2, 0.25) is 5.91 Å². The minimum Gasteiger partial charge on any atom is -0.381 e. The molecular weight excluding hydrogens is 236 g/mol. The van der Waals surface area contributed by atoms with Crippen molar-refractivity contribution in [1.82, 2.24) is 5.32 Å². The van der Waals surface area contributed by atoms with Gasteiger partial charge in [0.15, 0.2) is 0 Å². The van der Waals surface area contributed by atoms with Crippen LogP contribution in [0.25, 0.3) is 0 Å². The second-order valence-corrected chi connectivity index (χ2v) is 5.49. The van der Waals surface area contributed by atoms with Crippen LogP contribution in [0, 0.1) is 11.8 Å². The van der Waals surface area contributed by atoms with Crippen LogP contribution in [0.3, 0.4) is 0 Å². The van der Waals surface area contributed by atoms with E-state index in [0.717, 1.165) is 17.2 Å². The normalized spacial score (nSPS) is 27.5. The Morgan fingerprint density at radius 3 is 3.00 bits per heavy atom. The number of carbonyl (C=O) groups excluding carboxylic acids is 1. The van der Waals surface area contributed by atoms with Crippen molar-refractivity contribution in [2.24, 2.45) is 11.8 Å². The van der Waals surface area contributed by atoms with E-state index in [4.69, 9.17) is 0 Å². The Bertz CT molecular complexity index is 509. The van der Waals surface area contributed by atoms with Crippen LogP contribution < -0.4 is 10.6 Å². The molecule has 2 aliphatic carbocycles. The molecule has 0 heterocycles. The molecule has 3 heteroatoms. The minimum absolute atomic E-state index is 0.0569. The maximum atomic E-state index is 11.5. The van der Waals surface area contributed by atoms with E-state index in [2.05, 4.69) is 28.9 Å². The molecule has 0 aliphatic heterocycles. The highest BCUT2D eigenvalue weighted by Crippen LogP contribution is 2.44. The van der Waals surface area contributed by atoms with E-state index in [1.807, 2.05) is 18.2 Å². The first-order valence-electron chi connectivity index (χ1n) is 6.99. The Labute approximate surface area is 114 Å². The minimum atomic E-state index is 0.0569. The zero-order valence-corrected chi connectivity index (χ0v) is 11.2. The Hall–Kier alpha value is -1.77. The van der Waals surface area contributed by atoms with Crippen LogP contribution in [0.4, 0.5) is 5.69 Å². The van der Waals surface area contributed by atoms with Crippen LogP contribution in [0.1, 0.15) is 18.4 Å². The predicted molar refractivity (Wildman–Crippen MR) is 77.0 cm³/mol. The number of hydrogen-bond donors (Lipinski definition) is 2. The highest BCUT2D eigenvalue weighted by atomic mass is 16.1. The number of likely N-dealkylation sites (N-methyl/N-ethyl adjacent to an activating group) is 1. The van der Waals surface area contributed by atoms with Crippen molar-refractivity contribution in [3.63, 3.8) is 0 Å². The molecule has 1 fully saturated rings. The molecule has 1 aromatic rings. The van der Waals surface area contributed by atoms with Gasteiger partial charge in [0.05, 0.1) is 6.42 Å². The number of amides is 1. The van der Waals surface area contributed by atoms with Crippen molar-refractivity contribution < 1.29 is 4.79 Å². The molecule has 3 unspecified atom stereocenters. The van der Waals surface area contributed by atoms with Crippen LogP contribution in [-0.4, -0.2) is 19.0 Å². The Balaban J connectivity index is 1.70. The smallest absolute Gasteiger partial charge is 0.224 e. The second kappa shape index (κ2) is 5.08. The highest BCUT2D eigenvalue weighted by molar-refractivity contribution is 5.80. The third kappa shape index (κ3) is 2.37. The fourth-order valence-corrected chi connectivity index (χ4v) is 3.16. The lowest BCUT2D eigenvalue weighted by Gasteiger charge is -2.41. The van der Waals surface area contributed by atoms with Crippen LogP contribution in [0.15, 0.2) is 36.4 Å². The topological polar surface area (TPSA) is 41.1 Å². The van der Waals surface area contributed by atoms with E-state index in [-0.39, 0.29) is 5.91 Å². The number of para-hydroxylation sites is 1. The lowest BCUT2D eigenvalue weighted by molar-refractivity contribution is -0.119. The summed E-state index contributed by atoms with van der Waals surface area (Å²) in [6.45, 7) is 0. The summed E-state index contributed by atoms with van der Waals surface area (Å²) in [6, 6.07) is 8.65. The number of anilines is 1. The molecular formula is C16H20N2O. The molecule has 2 aliphatic rings. The molecule has 1 amide bonds. The number of fused-ring (bicyclic) bond motifs is 1. The van der Waals surface area contributed by atoms with Gasteiger partial charge in [-0.3, -0.25) is 4.79 Å². The highest BCUT2D eigenvalue weighted by Gasteiger charge is 2.41. The number of allylic oxidation sites excluding steroid dienone is 1. The molecule has 0 bridgehead atoms. The van der Waals surface area contributed by atoms with Gasteiger partial charge in [-0.15, -0.1) is 0 Å². The Morgan fingerprint density at radius 1 is 1.37 bits per heavy atom. The summed E-state index contributed by atoms with van der Waals surface area (Å²) in [5.41, 5.74) is 2.18. The summed E-state index contributed by atoms with van der Waals surface area (Å²) >= 11 is 0. The van der Waals surface area contributed by atoms with E-state index in [0.29, 0.717) is 18.4 Å². The Morgan fingerprint density at radius 2 is 2.21 bits per heavy atom. The quantitative estimate of drug-likeness (QED) is 0.812. The molecule has 3 nitrogen and oxygen atoms in total. The van der Waals surface area contributed by atoms with Crippen molar-refractivity contribution in [2.75, 3.05) is 12.4 Å². The summed E-state index contributed by atoms with van der Waals surface area (Å²) in [4.78, 5) is 11.5. The van der Waals surface area contributed by atoms with Gasteiger partial charge in [0.1, 0.15) is 0 Å². The molecule has 0 aromatic heterocycles. The molecule has 0 radical (unpaired) electrons. The number of carbonyl (C=O) groups is 1. The van der Waals surface area contributed by atoms with Gasteiger partial charge in [0.25, 0.3) is 0 Å². The first-order valence-corrected chi connectivity index (χ1v) is 6.99. The van der Waals surface area contributed by atoms with Gasteiger partial charge < -0.3 is 10.6 Å². The van der Waals surface area contributed by atoms with Gasteiger partial charge in [-0.2, -0.15) is 0 Å². The maximum Gasteiger partial charge on any atom is 0.224 e. The van der Waals surface area contributed by atoms with Crippen molar-refractivity contribution in [3.8, 4) is 0 Å². The van der Waals surface area contributed by atoms with E-state index in [1.165, 1.54) is 12.8 Å². The number of hydrogen-bond acceptors (Lipinski definition) is 2. The fourth-order valence-electron chi connectivity index (χ4n) is 3.16. The maximum absolute atomic E-state index is 11.5. The largest absolute Gasteiger partial charge is 0.381 e. The van der Waals surface area contributed by atoms with Crippen molar-refractivity contribution in [1.29, 1.82) is 0 Å². The van der Waals surface area contributed by atoms with Gasteiger partial charge in [-0.25, -0.2) is 0 Å². The van der Waals surface area contributed by atoms with Crippen LogP contribution in [0.2, 0.25) is 0 Å². The molecule has 3 atom stereocenters. The van der Waals surface area contributed by atoms with Crippen LogP contribution >= 0.6 is 0 Å². The number of benzene rings is 1. The zero-order valence-electron chi connectivity index (χ0n) is 11.2. The number of rotatable bonds is 4. The molecule has 1 saturated carbocycles. The SMILES string of the molecule is CNC(=O)Cc1ccccc1NC1CC2CC=CC21. The molecule has 1 aromatic carbocycles. The van der Waals surface area contributed by atoms with E-state index >= 15 is 0 Å². The summed E-state index contributed by atoms with van der Waals surface area (Å²) in [5.74, 6) is 1.60. The monoisotopic (exact) mass is 256 g/mol. The summed E-state index contributed by atoms with van der Waals surface area (Å²) in [6.07, 6.45) is 7.56. The van der Waals surface area contributed by atoms with Crippen LogP contribution in [0.5, 0.6) is 0 Å². The summed E-state index contributed by atoms with van der Waals surface area (Å²) in [7, 11) is 1.68. The summed E-state index contributed by atoms with van der Waals surface area (Å²) < 4.78 is 0. The van der Waals surface area contributed by atoms with E-state index < -0.39 is 0 Å². The molecule has 19 heavy (non-hydrogen) atoms. The van der Waals surface area contributed by atoms with Gasteiger partial charge in [-0.05, 0) is 30.4 Å². The average molecular weight is 256 g/mol. The average Bonchev–Trinajstić information content (AvgIpc) is 2.79. The van der Waals surface area contributed by atoms with Crippen LogP contribution in [-0.2, 0) is 11.2 Å². The van der Waals surface area contributed by atoms with E-state index in [1.54, 1.807) is 7.05 Å². The van der Waals surface area contributed by atoms with Gasteiger partial charge in [-0.1, -0.05) is 30.4 Å². The molecule has 3 rings (SSSR count). The van der Waals surface area contributed by atoms with Gasteiger partial charge in [0, 0.05) is 24.7 Å². The van der Waals surface area contributed by atoms with Crippen molar-refractivity contribution in [2.45, 2.75) is 25.3 Å². The molecule has 100 valence electrons. The fraction of sp³-hybridized carbons (Fsp3) is 0.438. The molecule has 0 spiro atoms. The summed E-state index contributed by atoms with van der Waals surface area (Å²) in [5, 5.41) is 6.30. The second-order valence-electron chi connectivity index (χ2n) is 5.49. The standard InChI is InChI=1S/C16H20N2O/c1-17-16(19)10-12-5-2-3-8-14(12)18-15-9-11-6-4-7-13(11)15/h2-5,7-8,11,13,15,18H,6,9-10H2,1H3,(H,17,19). The first-order chi connectivity index (χ1) is 9.28.